The van der Waals surface area contributed by atoms with Crippen molar-refractivity contribution in [2.24, 2.45) is 0 Å². The van der Waals surface area contributed by atoms with Gasteiger partial charge in [-0.05, 0) is 12.8 Å². The van der Waals surface area contributed by atoms with Gasteiger partial charge in [-0.2, -0.15) is 0 Å². The first-order valence-corrected chi connectivity index (χ1v) is 21.4. The predicted molar refractivity (Wildman–Crippen MR) is 199 cm³/mol. The van der Waals surface area contributed by atoms with Crippen LogP contribution < -0.4 is 5.32 Å². The Balaban J connectivity index is 4.41. The summed E-state index contributed by atoms with van der Waals surface area (Å²) in [5.41, 5.74) is 0. The molecule has 0 aromatic carbocycles. The fraction of sp³-hybridized carbons (Fsp3) is 0.974. The summed E-state index contributed by atoms with van der Waals surface area (Å²) in [5.74, 6) is -0.144. The highest BCUT2D eigenvalue weighted by Crippen LogP contribution is 2.43. The Kier molecular flexibility index (Phi) is 31.1. The molecule has 9 heteroatoms. The van der Waals surface area contributed by atoms with Crippen molar-refractivity contribution in [1.29, 1.82) is 0 Å². The van der Waals surface area contributed by atoms with E-state index in [4.69, 9.17) is 9.05 Å². The summed E-state index contributed by atoms with van der Waals surface area (Å²) in [6.45, 7) is 4.87. The van der Waals surface area contributed by atoms with Crippen LogP contribution in [0.3, 0.4) is 0 Å². The molecular weight excluding hydrogens is 611 g/mol. The van der Waals surface area contributed by atoms with Crippen LogP contribution >= 0.6 is 7.82 Å². The number of unbranched alkanes of at least 4 members (excludes halogenated alkanes) is 23. The first kappa shape index (κ1) is 46.5. The van der Waals surface area contributed by atoms with Gasteiger partial charge in [0.1, 0.15) is 13.2 Å². The molecule has 0 aliphatic heterocycles. The summed E-state index contributed by atoms with van der Waals surface area (Å²) in [5, 5.41) is 13.9. The van der Waals surface area contributed by atoms with Gasteiger partial charge >= 0.3 is 7.82 Å². The second kappa shape index (κ2) is 31.5. The highest BCUT2D eigenvalue weighted by atomic mass is 31.2. The molecule has 282 valence electrons. The highest BCUT2D eigenvalue weighted by molar-refractivity contribution is 7.47. The third-order valence-corrected chi connectivity index (χ3v) is 10.1. The number of carbonyl (C=O) groups is 1. The van der Waals surface area contributed by atoms with Gasteiger partial charge in [0, 0.05) is 6.42 Å². The van der Waals surface area contributed by atoms with E-state index in [1.807, 2.05) is 21.1 Å². The van der Waals surface area contributed by atoms with Crippen LogP contribution in [0.15, 0.2) is 0 Å². The summed E-state index contributed by atoms with van der Waals surface area (Å²) in [6.07, 6.45) is 31.1. The van der Waals surface area contributed by atoms with Gasteiger partial charge in [-0.25, -0.2) is 4.57 Å². The lowest BCUT2D eigenvalue weighted by molar-refractivity contribution is -0.870. The van der Waals surface area contributed by atoms with Crippen molar-refractivity contribution in [3.8, 4) is 0 Å². The van der Waals surface area contributed by atoms with Gasteiger partial charge in [-0.3, -0.25) is 13.8 Å². The number of phosphoric acid groups is 1. The van der Waals surface area contributed by atoms with Crippen LogP contribution in [0.1, 0.15) is 187 Å². The molecule has 0 saturated carbocycles. The van der Waals surface area contributed by atoms with Gasteiger partial charge < -0.3 is 19.8 Å². The molecule has 0 heterocycles. The Morgan fingerprint density at radius 3 is 1.43 bits per heavy atom. The maximum atomic E-state index is 12.8. The minimum Gasteiger partial charge on any atom is -0.391 e. The van der Waals surface area contributed by atoms with Crippen molar-refractivity contribution in [1.82, 2.24) is 5.32 Å². The first-order chi connectivity index (χ1) is 22.5. The number of nitrogens with zero attached hydrogens (tertiary/aromatic N) is 1. The summed E-state index contributed by atoms with van der Waals surface area (Å²) in [7, 11) is 1.62. The molecule has 3 unspecified atom stereocenters. The SMILES string of the molecule is CCCCCCCCCCCCCCCCC(=O)NC(COP(=O)(O)OCC[N+](C)(C)C)C(O)CCCCCCCCCCCCC. The van der Waals surface area contributed by atoms with E-state index < -0.39 is 20.0 Å². The fourth-order valence-electron chi connectivity index (χ4n) is 5.87. The minimum absolute atomic E-state index is 0.0781. The van der Waals surface area contributed by atoms with Gasteiger partial charge in [-0.1, -0.05) is 168 Å². The third-order valence-electron chi connectivity index (χ3n) is 9.11. The van der Waals surface area contributed by atoms with Crippen LogP contribution in [-0.2, 0) is 18.4 Å². The van der Waals surface area contributed by atoms with Crippen LogP contribution in [0, 0.1) is 0 Å². The first-order valence-electron chi connectivity index (χ1n) is 19.9. The van der Waals surface area contributed by atoms with Crippen LogP contribution in [0.5, 0.6) is 0 Å². The lowest BCUT2D eigenvalue weighted by atomic mass is 10.0. The number of nitrogens with one attached hydrogen (secondary N) is 1. The molecule has 0 radical (unpaired) electrons. The topological polar surface area (TPSA) is 105 Å². The lowest BCUT2D eigenvalue weighted by Crippen LogP contribution is -2.46. The molecule has 0 fully saturated rings. The number of aliphatic hydroxyl groups excluding tert-OH is 1. The average Bonchev–Trinajstić information content (AvgIpc) is 3.01. The molecule has 0 spiro atoms. The van der Waals surface area contributed by atoms with Gasteiger partial charge in [0.15, 0.2) is 0 Å². The summed E-state index contributed by atoms with van der Waals surface area (Å²) >= 11 is 0. The Bertz CT molecular complexity index is 748. The fourth-order valence-corrected chi connectivity index (χ4v) is 6.60. The second-order valence-electron chi connectivity index (χ2n) is 15.0. The standard InChI is InChI=1S/C38H79N2O6P/c1-6-8-10-12-14-16-18-19-20-22-24-26-28-30-32-38(42)39-36(35-46-47(43,44)45-34-33-40(3,4)5)37(41)31-29-27-25-23-21-17-15-13-11-9-7-2/h36-37,41H,6-35H2,1-5H3,(H-,39,42,43,44)/p+1. The average molecular weight is 692 g/mol. The van der Waals surface area contributed by atoms with Gasteiger partial charge in [0.2, 0.25) is 5.91 Å². The predicted octanol–water partition coefficient (Wildman–Crippen LogP) is 10.2. The monoisotopic (exact) mass is 692 g/mol. The Labute approximate surface area is 291 Å². The van der Waals surface area contributed by atoms with Crippen molar-refractivity contribution in [3.63, 3.8) is 0 Å². The molecule has 1 amide bonds. The minimum atomic E-state index is -4.30. The number of carbonyl (C=O) groups excluding carboxylic acids is 1. The number of aliphatic hydroxyl groups is 1. The number of amides is 1. The number of rotatable bonds is 36. The van der Waals surface area contributed by atoms with E-state index in [0.717, 1.165) is 38.5 Å². The van der Waals surface area contributed by atoms with E-state index in [1.165, 1.54) is 122 Å². The van der Waals surface area contributed by atoms with Crippen molar-refractivity contribution in [2.45, 2.75) is 199 Å². The molecule has 0 aromatic heterocycles. The largest absolute Gasteiger partial charge is 0.472 e. The smallest absolute Gasteiger partial charge is 0.391 e. The van der Waals surface area contributed by atoms with E-state index in [-0.39, 0.29) is 19.1 Å². The van der Waals surface area contributed by atoms with Gasteiger partial charge in [-0.15, -0.1) is 0 Å². The maximum absolute atomic E-state index is 12.8. The van der Waals surface area contributed by atoms with E-state index >= 15 is 0 Å². The lowest BCUT2D eigenvalue weighted by Gasteiger charge is -2.26. The van der Waals surface area contributed by atoms with Crippen molar-refractivity contribution in [3.05, 3.63) is 0 Å². The molecule has 8 nitrogen and oxygen atoms in total. The summed E-state index contributed by atoms with van der Waals surface area (Å²) < 4.78 is 23.5. The molecule has 3 atom stereocenters. The van der Waals surface area contributed by atoms with Crippen molar-refractivity contribution in [2.75, 3.05) is 40.9 Å². The number of hydrogen-bond acceptors (Lipinski definition) is 5. The maximum Gasteiger partial charge on any atom is 0.472 e. The normalized spacial score (nSPS) is 14.6. The molecular formula is C38H80N2O6P+. The van der Waals surface area contributed by atoms with Gasteiger partial charge in [0.05, 0.1) is 39.9 Å². The van der Waals surface area contributed by atoms with Crippen LogP contribution in [0.25, 0.3) is 0 Å². The third kappa shape index (κ3) is 33.8. The van der Waals surface area contributed by atoms with Crippen molar-refractivity contribution < 1.29 is 32.9 Å². The molecule has 47 heavy (non-hydrogen) atoms. The van der Waals surface area contributed by atoms with Crippen molar-refractivity contribution >= 4 is 13.7 Å². The molecule has 3 N–H and O–H groups in total. The second-order valence-corrected chi connectivity index (χ2v) is 16.5. The van der Waals surface area contributed by atoms with Gasteiger partial charge in [0.25, 0.3) is 0 Å². The Morgan fingerprint density at radius 1 is 0.638 bits per heavy atom. The highest BCUT2D eigenvalue weighted by Gasteiger charge is 2.28. The Morgan fingerprint density at radius 2 is 1.02 bits per heavy atom. The quantitative estimate of drug-likeness (QED) is 0.0343. The molecule has 0 rings (SSSR count). The zero-order chi connectivity index (χ0) is 35.1. The van der Waals surface area contributed by atoms with E-state index in [2.05, 4.69) is 19.2 Å². The van der Waals surface area contributed by atoms with Crippen LogP contribution in [-0.4, -0.2) is 73.4 Å². The zero-order valence-corrected chi connectivity index (χ0v) is 32.7. The molecule has 0 bridgehead atoms. The zero-order valence-electron chi connectivity index (χ0n) is 31.8. The van der Waals surface area contributed by atoms with E-state index in [1.54, 1.807) is 0 Å². The molecule has 0 aromatic rings. The summed E-state index contributed by atoms with van der Waals surface area (Å²) in [6, 6.07) is -0.750. The summed E-state index contributed by atoms with van der Waals surface area (Å²) in [4.78, 5) is 23.0. The number of quaternary nitrogens is 1. The number of likely N-dealkylation sites (N-methyl/N-ethyl adjacent to an activating group) is 1. The molecule has 0 aliphatic rings. The number of phosphoric ester groups is 1. The van der Waals surface area contributed by atoms with E-state index in [0.29, 0.717) is 23.9 Å². The molecule has 0 saturated heterocycles. The van der Waals surface area contributed by atoms with Crippen LogP contribution in [0.4, 0.5) is 0 Å². The molecule has 0 aliphatic carbocycles. The van der Waals surface area contributed by atoms with E-state index in [9.17, 15) is 19.4 Å². The Hall–Kier alpha value is -0.500. The number of hydrogen-bond donors (Lipinski definition) is 3. The van der Waals surface area contributed by atoms with Crippen LogP contribution in [0.2, 0.25) is 0 Å².